The van der Waals surface area contributed by atoms with Crippen molar-refractivity contribution >= 4 is 28.2 Å². The van der Waals surface area contributed by atoms with Gasteiger partial charge in [-0.05, 0) is 28.8 Å². The van der Waals surface area contributed by atoms with E-state index >= 15 is 0 Å². The first-order chi connectivity index (χ1) is 12.7. The van der Waals surface area contributed by atoms with Crippen LogP contribution in [-0.2, 0) is 9.59 Å². The molecule has 0 saturated heterocycles. The second-order valence-electron chi connectivity index (χ2n) is 6.60. The van der Waals surface area contributed by atoms with Crippen LogP contribution in [0.15, 0.2) is 36.4 Å². The Bertz CT molecular complexity index is 882. The standard InChI is InChI=1S/C19H20F3N3O2/c1-2-12(23)17(26)15-14-11-6-4-3-5-10(11)7-8-13(14)25-16(15)18(27)24-9-19(20,21)22/h3-8,12,15-16,25H,2,9,23H2,1H3,(H,24,27)/t12-,15?,16-/m0/s1. The molecule has 27 heavy (non-hydrogen) atoms. The minimum absolute atomic E-state index is 0.367. The summed E-state index contributed by atoms with van der Waals surface area (Å²) in [5.74, 6) is -2.20. The second kappa shape index (κ2) is 7.19. The molecule has 0 spiro atoms. The molecule has 0 aromatic heterocycles. The number of rotatable bonds is 5. The van der Waals surface area contributed by atoms with Crippen LogP contribution >= 0.6 is 0 Å². The zero-order chi connectivity index (χ0) is 19.8. The highest BCUT2D eigenvalue weighted by atomic mass is 19.4. The molecule has 8 heteroatoms. The molecule has 2 aromatic carbocycles. The van der Waals surface area contributed by atoms with Gasteiger partial charge in [0.05, 0.1) is 12.0 Å². The number of benzene rings is 2. The predicted molar refractivity (Wildman–Crippen MR) is 96.4 cm³/mol. The largest absolute Gasteiger partial charge is 0.405 e. The van der Waals surface area contributed by atoms with E-state index in [1.54, 1.807) is 19.1 Å². The average Bonchev–Trinajstić information content (AvgIpc) is 3.04. The van der Waals surface area contributed by atoms with E-state index in [1.807, 2.05) is 29.6 Å². The van der Waals surface area contributed by atoms with E-state index in [-0.39, 0.29) is 5.78 Å². The van der Waals surface area contributed by atoms with Crippen molar-refractivity contribution in [3.8, 4) is 0 Å². The summed E-state index contributed by atoms with van der Waals surface area (Å²) in [4.78, 5) is 25.4. The number of carbonyl (C=O) groups excluding carboxylic acids is 2. The monoisotopic (exact) mass is 379 g/mol. The zero-order valence-electron chi connectivity index (χ0n) is 14.6. The lowest BCUT2D eigenvalue weighted by molar-refractivity contribution is -0.139. The van der Waals surface area contributed by atoms with Crippen molar-refractivity contribution in [2.75, 3.05) is 11.9 Å². The lowest BCUT2D eigenvalue weighted by atomic mass is 9.84. The van der Waals surface area contributed by atoms with Gasteiger partial charge in [0.1, 0.15) is 12.6 Å². The van der Waals surface area contributed by atoms with E-state index in [2.05, 4.69) is 5.32 Å². The minimum Gasteiger partial charge on any atom is -0.373 e. The van der Waals surface area contributed by atoms with Crippen molar-refractivity contribution in [2.45, 2.75) is 37.5 Å². The lowest BCUT2D eigenvalue weighted by Gasteiger charge is -2.22. The highest BCUT2D eigenvalue weighted by molar-refractivity contribution is 6.06. The van der Waals surface area contributed by atoms with Crippen LogP contribution in [-0.4, -0.2) is 36.5 Å². The van der Waals surface area contributed by atoms with Crippen LogP contribution in [0.4, 0.5) is 18.9 Å². The molecule has 5 nitrogen and oxygen atoms in total. The van der Waals surface area contributed by atoms with E-state index < -0.39 is 36.6 Å². The van der Waals surface area contributed by atoms with Gasteiger partial charge in [0.2, 0.25) is 5.91 Å². The van der Waals surface area contributed by atoms with E-state index in [9.17, 15) is 22.8 Å². The van der Waals surface area contributed by atoms with Crippen LogP contribution in [0.5, 0.6) is 0 Å². The van der Waals surface area contributed by atoms with Crippen molar-refractivity contribution in [3.63, 3.8) is 0 Å². The normalized spacial score (nSPS) is 20.0. The number of hydrogen-bond acceptors (Lipinski definition) is 4. The lowest BCUT2D eigenvalue weighted by Crippen LogP contribution is -2.48. The number of anilines is 1. The number of ketones is 1. The molecule has 0 saturated carbocycles. The Balaban J connectivity index is 2.03. The van der Waals surface area contributed by atoms with Gasteiger partial charge in [-0.3, -0.25) is 9.59 Å². The van der Waals surface area contributed by atoms with Gasteiger partial charge in [-0.1, -0.05) is 37.3 Å². The predicted octanol–water partition coefficient (Wildman–Crippen LogP) is 2.70. The van der Waals surface area contributed by atoms with Gasteiger partial charge in [-0.25, -0.2) is 0 Å². The van der Waals surface area contributed by atoms with E-state index in [0.29, 0.717) is 17.7 Å². The van der Waals surface area contributed by atoms with Crippen LogP contribution < -0.4 is 16.4 Å². The number of Topliss-reactive ketones (excluding diaryl/α,β-unsaturated/α-hetero) is 1. The van der Waals surface area contributed by atoms with Gasteiger partial charge in [0, 0.05) is 5.69 Å². The third-order valence-electron chi connectivity index (χ3n) is 4.78. The van der Waals surface area contributed by atoms with Gasteiger partial charge in [0.15, 0.2) is 5.78 Å². The summed E-state index contributed by atoms with van der Waals surface area (Å²) >= 11 is 0. The second-order valence-corrected chi connectivity index (χ2v) is 6.60. The van der Waals surface area contributed by atoms with E-state index in [0.717, 1.165) is 10.8 Å². The fourth-order valence-corrected chi connectivity index (χ4v) is 3.43. The molecular weight excluding hydrogens is 359 g/mol. The topological polar surface area (TPSA) is 84.2 Å². The van der Waals surface area contributed by atoms with E-state index in [1.165, 1.54) is 0 Å². The smallest absolute Gasteiger partial charge is 0.373 e. The van der Waals surface area contributed by atoms with Crippen LogP contribution in [0, 0.1) is 0 Å². The summed E-state index contributed by atoms with van der Waals surface area (Å²) < 4.78 is 37.5. The summed E-state index contributed by atoms with van der Waals surface area (Å²) in [7, 11) is 0. The molecule has 4 N–H and O–H groups in total. The number of nitrogens with one attached hydrogen (secondary N) is 2. The maximum Gasteiger partial charge on any atom is 0.405 e. The first-order valence-electron chi connectivity index (χ1n) is 8.65. The number of amides is 1. The van der Waals surface area contributed by atoms with Gasteiger partial charge >= 0.3 is 6.18 Å². The summed E-state index contributed by atoms with van der Waals surface area (Å²) in [6.07, 6.45) is -4.17. The fourth-order valence-electron chi connectivity index (χ4n) is 3.43. The minimum atomic E-state index is -4.53. The molecule has 2 aromatic rings. The Labute approximate surface area is 154 Å². The summed E-state index contributed by atoms with van der Waals surface area (Å²) in [6, 6.07) is 8.96. The molecule has 1 amide bonds. The Hall–Kier alpha value is -2.61. The molecule has 144 valence electrons. The van der Waals surface area contributed by atoms with Crippen LogP contribution in [0.25, 0.3) is 10.8 Å². The molecule has 0 radical (unpaired) electrons. The molecule has 3 rings (SSSR count). The maximum absolute atomic E-state index is 12.9. The summed E-state index contributed by atoms with van der Waals surface area (Å²) in [5.41, 5.74) is 7.08. The number of halogens is 3. The third-order valence-corrected chi connectivity index (χ3v) is 4.78. The van der Waals surface area contributed by atoms with Gasteiger partial charge in [0.25, 0.3) is 0 Å². The molecular formula is C19H20F3N3O2. The molecule has 1 aliphatic rings. The Morgan fingerprint density at radius 2 is 1.93 bits per heavy atom. The van der Waals surface area contributed by atoms with Crippen molar-refractivity contribution in [1.29, 1.82) is 0 Å². The third kappa shape index (κ3) is 3.75. The molecule has 0 bridgehead atoms. The number of carbonyl (C=O) groups is 2. The SMILES string of the molecule is CC[C@H](N)C(=O)C1c2c(ccc3ccccc23)N[C@@H]1C(=O)NCC(F)(F)F. The van der Waals surface area contributed by atoms with Gasteiger partial charge in [-0.15, -0.1) is 0 Å². The van der Waals surface area contributed by atoms with Gasteiger partial charge in [-0.2, -0.15) is 13.2 Å². The highest BCUT2D eigenvalue weighted by Crippen LogP contribution is 2.42. The number of nitrogens with two attached hydrogens (primary N) is 1. The van der Waals surface area contributed by atoms with E-state index in [4.69, 9.17) is 5.73 Å². The van der Waals surface area contributed by atoms with Crippen molar-refractivity contribution in [2.24, 2.45) is 5.73 Å². The molecule has 1 aliphatic heterocycles. The quantitative estimate of drug-likeness (QED) is 0.746. The maximum atomic E-state index is 12.9. The van der Waals surface area contributed by atoms with Crippen LogP contribution in [0.3, 0.4) is 0 Å². The zero-order valence-corrected chi connectivity index (χ0v) is 14.6. The molecule has 3 atom stereocenters. The Morgan fingerprint density at radius 1 is 1.22 bits per heavy atom. The Kier molecular flexibility index (Phi) is 5.10. The van der Waals surface area contributed by atoms with Gasteiger partial charge < -0.3 is 16.4 Å². The molecule has 0 fully saturated rings. The molecule has 0 aliphatic carbocycles. The number of fused-ring (bicyclic) bond motifs is 3. The first kappa shape index (κ1) is 19.2. The van der Waals surface area contributed by atoms with Crippen LogP contribution in [0.1, 0.15) is 24.8 Å². The summed E-state index contributed by atoms with van der Waals surface area (Å²) in [6.45, 7) is 0.287. The number of alkyl halides is 3. The molecule has 1 unspecified atom stereocenters. The first-order valence-corrected chi connectivity index (χ1v) is 8.65. The van der Waals surface area contributed by atoms with Crippen molar-refractivity contribution in [3.05, 3.63) is 42.0 Å². The van der Waals surface area contributed by atoms with Crippen molar-refractivity contribution < 1.29 is 22.8 Å². The highest BCUT2D eigenvalue weighted by Gasteiger charge is 2.44. The average molecular weight is 379 g/mol. The number of hydrogen-bond donors (Lipinski definition) is 3. The van der Waals surface area contributed by atoms with Crippen molar-refractivity contribution in [1.82, 2.24) is 5.32 Å². The Morgan fingerprint density at radius 3 is 2.59 bits per heavy atom. The van der Waals surface area contributed by atoms with Crippen LogP contribution in [0.2, 0.25) is 0 Å². The molecule has 1 heterocycles. The summed E-state index contributed by atoms with van der Waals surface area (Å²) in [5, 5.41) is 6.43. The fraction of sp³-hybridized carbons (Fsp3) is 0.368.